The smallest absolute Gasteiger partial charge is 0.251 e. The SMILES string of the molecule is CCC(C)C(NC(=O)c1ccc(Cl)cc1)C(=O)NC(C)C1CCCO1. The number of hydrogen-bond donors (Lipinski definition) is 2. The minimum atomic E-state index is -0.586. The van der Waals surface area contributed by atoms with Crippen LogP contribution >= 0.6 is 11.6 Å². The van der Waals surface area contributed by atoms with Crippen molar-refractivity contribution < 1.29 is 14.3 Å². The molecule has 5 nitrogen and oxygen atoms in total. The van der Waals surface area contributed by atoms with Gasteiger partial charge in [0.05, 0.1) is 12.1 Å². The van der Waals surface area contributed by atoms with Crippen LogP contribution in [0.1, 0.15) is 50.4 Å². The van der Waals surface area contributed by atoms with Gasteiger partial charge in [-0.2, -0.15) is 0 Å². The first-order valence-electron chi connectivity index (χ1n) is 8.90. The van der Waals surface area contributed by atoms with E-state index < -0.39 is 6.04 Å². The minimum Gasteiger partial charge on any atom is -0.376 e. The summed E-state index contributed by atoms with van der Waals surface area (Å²) in [5, 5.41) is 6.44. The van der Waals surface area contributed by atoms with Crippen molar-refractivity contribution in [3.63, 3.8) is 0 Å². The molecule has 1 heterocycles. The van der Waals surface area contributed by atoms with Crippen LogP contribution in [0, 0.1) is 5.92 Å². The maximum absolute atomic E-state index is 12.7. The highest BCUT2D eigenvalue weighted by Crippen LogP contribution is 2.17. The third-order valence-corrected chi connectivity index (χ3v) is 5.03. The Hall–Kier alpha value is -1.59. The van der Waals surface area contributed by atoms with E-state index in [0.29, 0.717) is 10.6 Å². The minimum absolute atomic E-state index is 0.0212. The summed E-state index contributed by atoms with van der Waals surface area (Å²) in [5.74, 6) is -0.422. The molecule has 4 unspecified atom stereocenters. The molecule has 2 rings (SSSR count). The molecule has 1 fully saturated rings. The van der Waals surface area contributed by atoms with Gasteiger partial charge in [0.25, 0.3) is 5.91 Å². The third kappa shape index (κ3) is 5.44. The zero-order chi connectivity index (χ0) is 18.4. The van der Waals surface area contributed by atoms with Gasteiger partial charge in [0.1, 0.15) is 6.04 Å². The summed E-state index contributed by atoms with van der Waals surface area (Å²) < 4.78 is 5.63. The summed E-state index contributed by atoms with van der Waals surface area (Å²) in [6, 6.07) is 5.96. The van der Waals surface area contributed by atoms with Crippen LogP contribution in [0.3, 0.4) is 0 Å². The van der Waals surface area contributed by atoms with Crippen molar-refractivity contribution in [2.45, 2.75) is 58.2 Å². The first-order valence-corrected chi connectivity index (χ1v) is 9.28. The van der Waals surface area contributed by atoms with Crippen LogP contribution in [0.5, 0.6) is 0 Å². The second kappa shape index (κ2) is 9.20. The number of carbonyl (C=O) groups excluding carboxylic acids is 2. The molecular weight excluding hydrogens is 340 g/mol. The highest BCUT2D eigenvalue weighted by atomic mass is 35.5. The van der Waals surface area contributed by atoms with Gasteiger partial charge in [-0.1, -0.05) is 31.9 Å². The Kier molecular flexibility index (Phi) is 7.26. The van der Waals surface area contributed by atoms with Gasteiger partial charge < -0.3 is 15.4 Å². The van der Waals surface area contributed by atoms with Gasteiger partial charge in [0.15, 0.2) is 0 Å². The molecule has 1 aromatic rings. The van der Waals surface area contributed by atoms with Gasteiger partial charge in [-0.25, -0.2) is 0 Å². The lowest BCUT2D eigenvalue weighted by Gasteiger charge is -2.27. The predicted molar refractivity (Wildman–Crippen MR) is 98.7 cm³/mol. The lowest BCUT2D eigenvalue weighted by atomic mass is 9.97. The molecule has 1 aromatic carbocycles. The molecule has 6 heteroatoms. The molecule has 2 amide bonds. The van der Waals surface area contributed by atoms with Gasteiger partial charge in [0, 0.05) is 17.2 Å². The third-order valence-electron chi connectivity index (χ3n) is 4.78. The van der Waals surface area contributed by atoms with Crippen LogP contribution in [0.4, 0.5) is 0 Å². The van der Waals surface area contributed by atoms with Crippen LogP contribution in [-0.4, -0.2) is 36.6 Å². The van der Waals surface area contributed by atoms with Crippen LogP contribution in [0.25, 0.3) is 0 Å². The second-order valence-corrected chi connectivity index (χ2v) is 7.13. The second-order valence-electron chi connectivity index (χ2n) is 6.69. The van der Waals surface area contributed by atoms with Crippen LogP contribution in [0.15, 0.2) is 24.3 Å². The lowest BCUT2D eigenvalue weighted by molar-refractivity contribution is -0.125. The van der Waals surface area contributed by atoms with E-state index >= 15 is 0 Å². The number of benzene rings is 1. The summed E-state index contributed by atoms with van der Waals surface area (Å²) in [6.07, 6.45) is 2.81. The molecule has 0 aliphatic carbocycles. The molecule has 138 valence electrons. The van der Waals surface area contributed by atoms with E-state index in [4.69, 9.17) is 16.3 Å². The lowest BCUT2D eigenvalue weighted by Crippen LogP contribution is -2.54. The molecule has 0 spiro atoms. The van der Waals surface area contributed by atoms with Gasteiger partial charge in [-0.05, 0) is 49.9 Å². The number of halogens is 1. The van der Waals surface area contributed by atoms with E-state index in [1.54, 1.807) is 24.3 Å². The standard InChI is InChI=1S/C19H27ClN2O3/c1-4-12(2)17(19(24)21-13(3)16-6-5-11-25-16)22-18(23)14-7-9-15(20)10-8-14/h7-10,12-13,16-17H,4-6,11H2,1-3H3,(H,21,24)(H,22,23). The van der Waals surface area contributed by atoms with Crippen molar-refractivity contribution in [1.82, 2.24) is 10.6 Å². The Morgan fingerprint density at radius 3 is 2.48 bits per heavy atom. The van der Waals surface area contributed by atoms with E-state index in [-0.39, 0.29) is 29.9 Å². The van der Waals surface area contributed by atoms with Crippen molar-refractivity contribution in [2.75, 3.05) is 6.61 Å². The van der Waals surface area contributed by atoms with Crippen molar-refractivity contribution in [1.29, 1.82) is 0 Å². The molecule has 0 aromatic heterocycles. The van der Waals surface area contributed by atoms with Crippen LogP contribution < -0.4 is 10.6 Å². The van der Waals surface area contributed by atoms with Crippen molar-refractivity contribution in [2.24, 2.45) is 5.92 Å². The fourth-order valence-electron chi connectivity index (χ4n) is 2.93. The normalized spacial score (nSPS) is 20.6. The monoisotopic (exact) mass is 366 g/mol. The molecule has 1 saturated heterocycles. The Morgan fingerprint density at radius 1 is 1.24 bits per heavy atom. The van der Waals surface area contributed by atoms with Gasteiger partial charge in [0.2, 0.25) is 5.91 Å². The summed E-state index contributed by atoms with van der Waals surface area (Å²) in [4.78, 5) is 25.2. The summed E-state index contributed by atoms with van der Waals surface area (Å²) >= 11 is 5.86. The Bertz CT molecular complexity index is 585. The molecule has 2 N–H and O–H groups in total. The van der Waals surface area contributed by atoms with Crippen molar-refractivity contribution in [3.05, 3.63) is 34.9 Å². The fourth-order valence-corrected chi connectivity index (χ4v) is 3.06. The fraction of sp³-hybridized carbons (Fsp3) is 0.579. The maximum atomic E-state index is 12.7. The zero-order valence-electron chi connectivity index (χ0n) is 15.0. The molecule has 25 heavy (non-hydrogen) atoms. The largest absolute Gasteiger partial charge is 0.376 e. The molecule has 1 aliphatic rings. The summed E-state index contributed by atoms with van der Waals surface area (Å²) in [7, 11) is 0. The van der Waals surface area contributed by atoms with Gasteiger partial charge in [-0.3, -0.25) is 9.59 Å². The first kappa shape index (κ1) is 19.7. The van der Waals surface area contributed by atoms with Crippen LogP contribution in [0.2, 0.25) is 5.02 Å². The van der Waals surface area contributed by atoms with E-state index in [1.165, 1.54) is 0 Å². The molecular formula is C19H27ClN2O3. The number of rotatable bonds is 7. The summed E-state index contributed by atoms with van der Waals surface area (Å²) in [6.45, 7) is 6.65. The highest BCUT2D eigenvalue weighted by molar-refractivity contribution is 6.30. The number of amides is 2. The van der Waals surface area contributed by atoms with E-state index in [9.17, 15) is 9.59 Å². The molecule has 4 atom stereocenters. The van der Waals surface area contributed by atoms with Gasteiger partial charge in [-0.15, -0.1) is 0 Å². The topological polar surface area (TPSA) is 67.4 Å². The average Bonchev–Trinajstić information content (AvgIpc) is 3.14. The van der Waals surface area contributed by atoms with Gasteiger partial charge >= 0.3 is 0 Å². The molecule has 0 radical (unpaired) electrons. The Labute approximate surface area is 154 Å². The average molecular weight is 367 g/mol. The molecule has 0 saturated carbocycles. The summed E-state index contributed by atoms with van der Waals surface area (Å²) in [5.41, 5.74) is 0.484. The molecule has 1 aliphatic heterocycles. The number of hydrogen-bond acceptors (Lipinski definition) is 3. The van der Waals surface area contributed by atoms with E-state index in [1.807, 2.05) is 20.8 Å². The van der Waals surface area contributed by atoms with E-state index in [2.05, 4.69) is 10.6 Å². The molecule has 0 bridgehead atoms. The van der Waals surface area contributed by atoms with Crippen molar-refractivity contribution >= 4 is 23.4 Å². The Balaban J connectivity index is 2.02. The predicted octanol–water partition coefficient (Wildman–Crippen LogP) is 3.17. The first-order chi connectivity index (χ1) is 11.9. The van der Waals surface area contributed by atoms with E-state index in [0.717, 1.165) is 25.9 Å². The Morgan fingerprint density at radius 2 is 1.92 bits per heavy atom. The number of ether oxygens (including phenoxy) is 1. The van der Waals surface area contributed by atoms with Crippen LogP contribution in [-0.2, 0) is 9.53 Å². The maximum Gasteiger partial charge on any atom is 0.251 e. The number of nitrogens with one attached hydrogen (secondary N) is 2. The zero-order valence-corrected chi connectivity index (χ0v) is 15.8. The number of carbonyl (C=O) groups is 2. The van der Waals surface area contributed by atoms with Crippen molar-refractivity contribution in [3.8, 4) is 0 Å². The highest BCUT2D eigenvalue weighted by Gasteiger charge is 2.30. The quantitative estimate of drug-likeness (QED) is 0.778.